The topological polar surface area (TPSA) is 3.88 Å². The van der Waals surface area contributed by atoms with Crippen LogP contribution in [0.1, 0.15) is 11.3 Å². The van der Waals surface area contributed by atoms with Gasteiger partial charge in [0, 0.05) is 17.4 Å². The van der Waals surface area contributed by atoms with Crippen LogP contribution in [0.25, 0.3) is 0 Å². The number of hydrogen-bond donors (Lipinski definition) is 0. The van der Waals surface area contributed by atoms with E-state index in [1.807, 2.05) is 23.1 Å². The Kier molecular flexibility index (Phi) is 7.07. The minimum absolute atomic E-state index is 0.936. The first-order valence-electron chi connectivity index (χ1n) is 7.45. The third-order valence-electron chi connectivity index (χ3n) is 3.11. The Morgan fingerprint density at radius 1 is 0.920 bits per heavy atom. The summed E-state index contributed by atoms with van der Waals surface area (Å²) in [6, 6.07) is 21.2. The number of hydrogen-bond acceptors (Lipinski definition) is 2. The highest BCUT2D eigenvalue weighted by molar-refractivity contribution is 8.00. The van der Waals surface area contributed by atoms with E-state index in [1.54, 1.807) is 0 Å². The summed E-state index contributed by atoms with van der Waals surface area (Å²) in [5.74, 6) is 0. The molecule has 0 spiro atoms. The van der Waals surface area contributed by atoms with Gasteiger partial charge in [0.05, 0.1) is 5.38 Å². The fraction of sp³-hybridized carbons (Fsp3) is 0.118. The zero-order valence-electron chi connectivity index (χ0n) is 13.4. The van der Waals surface area contributed by atoms with E-state index in [1.165, 1.54) is 20.5 Å². The summed E-state index contributed by atoms with van der Waals surface area (Å²) < 4.78 is 42.7. The van der Waals surface area contributed by atoms with Gasteiger partial charge in [-0.3, -0.25) is 0 Å². The van der Waals surface area contributed by atoms with Crippen molar-refractivity contribution in [2.75, 3.05) is 0 Å². The number of thiazole rings is 1. The fourth-order valence-electron chi connectivity index (χ4n) is 2.03. The molecule has 132 valence electrons. The van der Waals surface area contributed by atoms with Crippen LogP contribution in [0.15, 0.2) is 75.3 Å². The highest BCUT2D eigenvalue weighted by Crippen LogP contribution is 2.29. The summed E-state index contributed by atoms with van der Waals surface area (Å²) >= 11 is 3.65. The predicted molar refractivity (Wildman–Crippen MR) is 95.5 cm³/mol. The van der Waals surface area contributed by atoms with Gasteiger partial charge in [0.25, 0.3) is 0 Å². The second kappa shape index (κ2) is 9.06. The second-order valence-corrected chi connectivity index (χ2v) is 7.30. The molecule has 2 aromatic carbocycles. The van der Waals surface area contributed by atoms with Crippen molar-refractivity contribution in [1.29, 1.82) is 0 Å². The van der Waals surface area contributed by atoms with Gasteiger partial charge in [-0.25, -0.2) is 0 Å². The first-order chi connectivity index (χ1) is 11.8. The van der Waals surface area contributed by atoms with Crippen molar-refractivity contribution >= 4 is 30.4 Å². The van der Waals surface area contributed by atoms with Crippen LogP contribution in [0.5, 0.6) is 0 Å². The Morgan fingerprint density at radius 3 is 2.00 bits per heavy atom. The van der Waals surface area contributed by atoms with Gasteiger partial charge in [0.1, 0.15) is 0 Å². The summed E-state index contributed by atoms with van der Waals surface area (Å²) in [4.78, 5) is 1.29. The average Bonchev–Trinajstić information content (AvgIpc) is 2.89. The molecule has 0 aliphatic rings. The van der Waals surface area contributed by atoms with Crippen molar-refractivity contribution in [3.05, 3.63) is 77.3 Å². The molecular weight excluding hydrogens is 369 g/mol. The van der Waals surface area contributed by atoms with Crippen LogP contribution in [0.4, 0.5) is 17.3 Å². The van der Waals surface area contributed by atoms with Crippen molar-refractivity contribution in [2.24, 2.45) is 0 Å². The van der Waals surface area contributed by atoms with E-state index in [0.717, 1.165) is 6.54 Å². The molecule has 1 nitrogen and oxygen atoms in total. The van der Waals surface area contributed by atoms with Gasteiger partial charge < -0.3 is 17.3 Å². The van der Waals surface area contributed by atoms with Crippen LogP contribution >= 0.6 is 23.1 Å². The van der Waals surface area contributed by atoms with Crippen LogP contribution in [0.2, 0.25) is 0 Å². The molecule has 0 aliphatic heterocycles. The van der Waals surface area contributed by atoms with E-state index in [4.69, 9.17) is 0 Å². The molecule has 0 saturated carbocycles. The minimum atomic E-state index is -6.00. The quantitative estimate of drug-likeness (QED) is 0.310. The molecule has 0 fully saturated rings. The van der Waals surface area contributed by atoms with Crippen LogP contribution in [-0.4, -0.2) is 7.25 Å². The Morgan fingerprint density at radius 2 is 1.44 bits per heavy atom. The van der Waals surface area contributed by atoms with Gasteiger partial charge in [-0.05, 0) is 23.9 Å². The zero-order valence-corrected chi connectivity index (χ0v) is 15.0. The lowest BCUT2D eigenvalue weighted by molar-refractivity contribution is -0.723. The molecule has 0 N–H and O–H groups in total. The van der Waals surface area contributed by atoms with Gasteiger partial charge >= 0.3 is 11.6 Å². The molecule has 0 unspecified atom stereocenters. The molecule has 0 radical (unpaired) electrons. The maximum atomic E-state index is 9.75. The lowest BCUT2D eigenvalue weighted by atomic mass is 10.2. The average molecular weight is 385 g/mol. The first-order valence-corrected chi connectivity index (χ1v) is 9.14. The smallest absolute Gasteiger partial charge is 0.418 e. The molecule has 25 heavy (non-hydrogen) atoms. The van der Waals surface area contributed by atoms with Gasteiger partial charge in [-0.1, -0.05) is 59.9 Å². The lowest BCUT2D eigenvalue weighted by Gasteiger charge is -2.01. The lowest BCUT2D eigenvalue weighted by Crippen LogP contribution is -2.37. The maximum Gasteiger partial charge on any atom is 0.673 e. The van der Waals surface area contributed by atoms with Crippen LogP contribution in [0.3, 0.4) is 0 Å². The third kappa shape index (κ3) is 7.31. The Balaban J connectivity index is 0.000000399. The number of nitrogens with zero attached hydrogens (tertiary/aromatic N) is 1. The van der Waals surface area contributed by atoms with Crippen LogP contribution < -0.4 is 4.57 Å². The SMILES string of the molecule is Cc1csc(Sc2ccccc2)[n+]1Cc1ccccc1.F[B-](F)(F)F. The number of aromatic nitrogens is 1. The Hall–Kier alpha value is -1.80. The molecule has 1 aromatic heterocycles. The molecule has 3 aromatic rings. The minimum Gasteiger partial charge on any atom is -0.418 e. The van der Waals surface area contributed by atoms with Crippen molar-refractivity contribution < 1.29 is 21.8 Å². The highest BCUT2D eigenvalue weighted by atomic mass is 32.2. The first kappa shape index (κ1) is 19.5. The molecule has 1 heterocycles. The molecule has 0 aliphatic carbocycles. The molecule has 0 saturated heterocycles. The summed E-state index contributed by atoms with van der Waals surface area (Å²) in [6.45, 7) is 3.11. The van der Waals surface area contributed by atoms with Crippen LogP contribution in [-0.2, 0) is 6.54 Å². The van der Waals surface area contributed by atoms with Crippen LogP contribution in [0, 0.1) is 6.92 Å². The van der Waals surface area contributed by atoms with E-state index >= 15 is 0 Å². The highest BCUT2D eigenvalue weighted by Gasteiger charge is 2.20. The molecule has 0 amide bonds. The van der Waals surface area contributed by atoms with Gasteiger partial charge in [0.2, 0.25) is 0 Å². The zero-order chi connectivity index (χ0) is 18.3. The Labute approximate surface area is 152 Å². The number of aryl methyl sites for hydroxylation is 1. The third-order valence-corrected chi connectivity index (χ3v) is 5.43. The van der Waals surface area contributed by atoms with Gasteiger partial charge in [0.15, 0.2) is 12.2 Å². The van der Waals surface area contributed by atoms with E-state index in [-0.39, 0.29) is 0 Å². The van der Waals surface area contributed by atoms with E-state index < -0.39 is 7.25 Å². The summed E-state index contributed by atoms with van der Waals surface area (Å²) in [7, 11) is -6.00. The molecule has 0 bridgehead atoms. The fourth-order valence-corrected chi connectivity index (χ4v) is 4.20. The summed E-state index contributed by atoms with van der Waals surface area (Å²) in [5.41, 5.74) is 2.66. The number of rotatable bonds is 4. The predicted octanol–water partition coefficient (Wildman–Crippen LogP) is 5.84. The monoisotopic (exact) mass is 385 g/mol. The number of halogens is 4. The van der Waals surface area contributed by atoms with Crippen molar-refractivity contribution in [2.45, 2.75) is 22.7 Å². The van der Waals surface area contributed by atoms with Gasteiger partial charge in [-0.15, -0.1) is 0 Å². The molecule has 0 atom stereocenters. The van der Waals surface area contributed by atoms with Gasteiger partial charge in [-0.2, -0.15) is 4.57 Å². The maximum absolute atomic E-state index is 9.75. The summed E-state index contributed by atoms with van der Waals surface area (Å²) in [6.07, 6.45) is 0. The van der Waals surface area contributed by atoms with E-state index in [9.17, 15) is 17.3 Å². The number of benzene rings is 2. The largest absolute Gasteiger partial charge is 0.673 e. The van der Waals surface area contributed by atoms with E-state index in [2.05, 4.69) is 77.5 Å². The standard InChI is InChI=1S/C17H16NS2.BF4/c1-14-13-19-17(20-16-10-6-3-7-11-16)18(14)12-15-8-4-2-5-9-15;2-1(3,4)5/h2-11,13H,12H2,1H3;/q+1;-1. The Bertz CT molecular complexity index is 770. The van der Waals surface area contributed by atoms with Crippen molar-refractivity contribution in [1.82, 2.24) is 0 Å². The van der Waals surface area contributed by atoms with E-state index in [0.29, 0.717) is 0 Å². The molecule has 8 heteroatoms. The van der Waals surface area contributed by atoms with Crippen molar-refractivity contribution in [3.63, 3.8) is 0 Å². The molecular formula is C17H16BF4NS2. The summed E-state index contributed by atoms with van der Waals surface area (Å²) in [5, 5.41) is 2.23. The second-order valence-electron chi connectivity index (χ2n) is 5.12. The molecule has 3 rings (SSSR count). The van der Waals surface area contributed by atoms with Crippen molar-refractivity contribution in [3.8, 4) is 0 Å². The normalized spacial score (nSPS) is 10.9.